The highest BCUT2D eigenvalue weighted by molar-refractivity contribution is 5.82. The van der Waals surface area contributed by atoms with Gasteiger partial charge in [-0.05, 0) is 37.6 Å². The molecule has 0 atom stereocenters. The maximum absolute atomic E-state index is 5.60. The van der Waals surface area contributed by atoms with Crippen LogP contribution in [0, 0.1) is 6.92 Å². The molecule has 2 rings (SSSR count). The zero-order chi connectivity index (χ0) is 10.1. The van der Waals surface area contributed by atoms with E-state index in [1.807, 2.05) is 19.3 Å². The Balaban J connectivity index is 2.74. The monoisotopic (exact) mass is 189 g/mol. The Labute approximate surface area is 83.6 Å². The molecule has 0 fully saturated rings. The first-order valence-electron chi connectivity index (χ1n) is 4.84. The Hall–Kier alpha value is -1.35. The first-order valence-corrected chi connectivity index (χ1v) is 4.84. The van der Waals surface area contributed by atoms with Crippen molar-refractivity contribution in [3.8, 4) is 0 Å². The topological polar surface area (TPSA) is 43.8 Å². The normalized spacial score (nSPS) is 11.1. The Morgan fingerprint density at radius 2 is 2.29 bits per heavy atom. The van der Waals surface area contributed by atoms with Crippen LogP contribution in [0.2, 0.25) is 0 Å². The Morgan fingerprint density at radius 1 is 1.50 bits per heavy atom. The molecule has 2 N–H and O–H groups in total. The lowest BCUT2D eigenvalue weighted by Crippen LogP contribution is -2.03. The van der Waals surface area contributed by atoms with E-state index >= 15 is 0 Å². The van der Waals surface area contributed by atoms with Gasteiger partial charge in [-0.15, -0.1) is 0 Å². The standard InChI is InChI=1S/C11H15N3/c1-8-9(5-6-12)10-4-3-7-13-11(10)14(8)2/h3-4,7H,5-6,12H2,1-2H3. The van der Waals surface area contributed by atoms with Gasteiger partial charge in [0.1, 0.15) is 5.65 Å². The average molecular weight is 189 g/mol. The van der Waals surface area contributed by atoms with Gasteiger partial charge < -0.3 is 10.3 Å². The molecule has 0 aliphatic rings. The minimum absolute atomic E-state index is 0.689. The van der Waals surface area contributed by atoms with Crippen molar-refractivity contribution in [1.29, 1.82) is 0 Å². The number of nitrogens with zero attached hydrogens (tertiary/aromatic N) is 2. The maximum Gasteiger partial charge on any atom is 0.140 e. The van der Waals surface area contributed by atoms with Crippen molar-refractivity contribution in [2.75, 3.05) is 6.54 Å². The SMILES string of the molecule is Cc1c(CCN)c2cccnc2n1C. The van der Waals surface area contributed by atoms with Crippen molar-refractivity contribution in [2.24, 2.45) is 12.8 Å². The summed E-state index contributed by atoms with van der Waals surface area (Å²) < 4.78 is 2.13. The predicted octanol–water partition coefficient (Wildman–Crippen LogP) is 1.38. The molecular formula is C11H15N3. The van der Waals surface area contributed by atoms with Gasteiger partial charge in [-0.3, -0.25) is 0 Å². The van der Waals surface area contributed by atoms with E-state index in [9.17, 15) is 0 Å². The second-order valence-corrected chi connectivity index (χ2v) is 3.54. The van der Waals surface area contributed by atoms with E-state index in [2.05, 4.69) is 22.5 Å². The quantitative estimate of drug-likeness (QED) is 0.775. The maximum atomic E-state index is 5.60. The summed E-state index contributed by atoms with van der Waals surface area (Å²) >= 11 is 0. The number of fused-ring (bicyclic) bond motifs is 1. The molecule has 0 radical (unpaired) electrons. The van der Waals surface area contributed by atoms with E-state index in [-0.39, 0.29) is 0 Å². The molecule has 0 bridgehead atoms. The summed E-state index contributed by atoms with van der Waals surface area (Å²) in [5, 5.41) is 1.23. The number of nitrogens with two attached hydrogens (primary N) is 1. The van der Waals surface area contributed by atoms with Crippen LogP contribution >= 0.6 is 0 Å². The Kier molecular flexibility index (Phi) is 2.25. The molecule has 3 heteroatoms. The summed E-state index contributed by atoms with van der Waals surface area (Å²) in [4.78, 5) is 4.37. The number of rotatable bonds is 2. The molecule has 0 saturated heterocycles. The number of hydrogen-bond donors (Lipinski definition) is 1. The molecule has 0 saturated carbocycles. The molecule has 2 aromatic heterocycles. The van der Waals surface area contributed by atoms with E-state index in [0.717, 1.165) is 12.1 Å². The van der Waals surface area contributed by atoms with Gasteiger partial charge in [0, 0.05) is 24.3 Å². The number of aromatic nitrogens is 2. The third-order valence-electron chi connectivity index (χ3n) is 2.76. The fourth-order valence-corrected chi connectivity index (χ4v) is 1.92. The average Bonchev–Trinajstić information content (AvgIpc) is 2.45. The van der Waals surface area contributed by atoms with Crippen LogP contribution in [-0.2, 0) is 13.5 Å². The van der Waals surface area contributed by atoms with Crippen molar-refractivity contribution in [3.63, 3.8) is 0 Å². The van der Waals surface area contributed by atoms with Crippen LogP contribution in [0.1, 0.15) is 11.3 Å². The van der Waals surface area contributed by atoms with Gasteiger partial charge in [-0.25, -0.2) is 4.98 Å². The second-order valence-electron chi connectivity index (χ2n) is 3.54. The summed E-state index contributed by atoms with van der Waals surface area (Å²) in [5.74, 6) is 0. The van der Waals surface area contributed by atoms with Gasteiger partial charge in [-0.1, -0.05) is 0 Å². The smallest absolute Gasteiger partial charge is 0.140 e. The van der Waals surface area contributed by atoms with E-state index in [4.69, 9.17) is 5.73 Å². The molecule has 74 valence electrons. The lowest BCUT2D eigenvalue weighted by molar-refractivity contribution is 0.873. The highest BCUT2D eigenvalue weighted by atomic mass is 15.0. The van der Waals surface area contributed by atoms with Crippen LogP contribution in [-0.4, -0.2) is 16.1 Å². The molecule has 3 nitrogen and oxygen atoms in total. The lowest BCUT2D eigenvalue weighted by Gasteiger charge is -1.99. The van der Waals surface area contributed by atoms with Crippen molar-refractivity contribution in [1.82, 2.24) is 9.55 Å². The zero-order valence-electron chi connectivity index (χ0n) is 8.62. The minimum Gasteiger partial charge on any atom is -0.333 e. The number of hydrogen-bond acceptors (Lipinski definition) is 2. The summed E-state index contributed by atoms with van der Waals surface area (Å²) in [6, 6.07) is 4.09. The van der Waals surface area contributed by atoms with Gasteiger partial charge in [-0.2, -0.15) is 0 Å². The summed E-state index contributed by atoms with van der Waals surface area (Å²) in [6.45, 7) is 2.81. The van der Waals surface area contributed by atoms with Crippen LogP contribution in [0.3, 0.4) is 0 Å². The Bertz CT molecular complexity index is 457. The number of aryl methyl sites for hydroxylation is 1. The first-order chi connectivity index (χ1) is 6.75. The van der Waals surface area contributed by atoms with Gasteiger partial charge in [0.25, 0.3) is 0 Å². The van der Waals surface area contributed by atoms with Crippen molar-refractivity contribution in [2.45, 2.75) is 13.3 Å². The highest BCUT2D eigenvalue weighted by Gasteiger charge is 2.10. The van der Waals surface area contributed by atoms with E-state index in [1.165, 1.54) is 16.6 Å². The van der Waals surface area contributed by atoms with E-state index < -0.39 is 0 Å². The molecular weight excluding hydrogens is 174 g/mol. The van der Waals surface area contributed by atoms with Gasteiger partial charge in [0.2, 0.25) is 0 Å². The van der Waals surface area contributed by atoms with Crippen molar-refractivity contribution < 1.29 is 0 Å². The molecule has 2 aromatic rings. The van der Waals surface area contributed by atoms with Crippen LogP contribution in [0.5, 0.6) is 0 Å². The van der Waals surface area contributed by atoms with Crippen LogP contribution in [0.15, 0.2) is 18.3 Å². The highest BCUT2D eigenvalue weighted by Crippen LogP contribution is 2.22. The van der Waals surface area contributed by atoms with Gasteiger partial charge in [0.05, 0.1) is 0 Å². The van der Waals surface area contributed by atoms with E-state index in [0.29, 0.717) is 6.54 Å². The minimum atomic E-state index is 0.689. The van der Waals surface area contributed by atoms with Crippen LogP contribution in [0.4, 0.5) is 0 Å². The van der Waals surface area contributed by atoms with Crippen LogP contribution in [0.25, 0.3) is 11.0 Å². The molecule has 0 aliphatic heterocycles. The third kappa shape index (κ3) is 1.21. The summed E-state index contributed by atoms with van der Waals surface area (Å²) in [5.41, 5.74) is 9.25. The first kappa shape index (κ1) is 9.21. The van der Waals surface area contributed by atoms with Gasteiger partial charge >= 0.3 is 0 Å². The summed E-state index contributed by atoms with van der Waals surface area (Å²) in [6.07, 6.45) is 2.75. The Morgan fingerprint density at radius 3 is 3.00 bits per heavy atom. The van der Waals surface area contributed by atoms with Crippen molar-refractivity contribution >= 4 is 11.0 Å². The van der Waals surface area contributed by atoms with Gasteiger partial charge in [0.15, 0.2) is 0 Å². The molecule has 0 spiro atoms. The fraction of sp³-hybridized carbons (Fsp3) is 0.364. The van der Waals surface area contributed by atoms with E-state index in [1.54, 1.807) is 0 Å². The lowest BCUT2D eigenvalue weighted by atomic mass is 10.1. The fourth-order valence-electron chi connectivity index (χ4n) is 1.92. The predicted molar refractivity (Wildman–Crippen MR) is 58.2 cm³/mol. The second kappa shape index (κ2) is 3.42. The molecule has 0 amide bonds. The number of pyridine rings is 1. The third-order valence-corrected chi connectivity index (χ3v) is 2.76. The largest absolute Gasteiger partial charge is 0.333 e. The van der Waals surface area contributed by atoms with Crippen molar-refractivity contribution in [3.05, 3.63) is 29.6 Å². The molecule has 14 heavy (non-hydrogen) atoms. The summed E-state index contributed by atoms with van der Waals surface area (Å²) in [7, 11) is 2.05. The zero-order valence-corrected chi connectivity index (χ0v) is 8.62. The molecule has 2 heterocycles. The molecule has 0 unspecified atom stereocenters. The molecule has 0 aromatic carbocycles. The van der Waals surface area contributed by atoms with Crippen LogP contribution < -0.4 is 5.73 Å². The molecule has 0 aliphatic carbocycles.